The molecule has 0 saturated carbocycles. The molecule has 14 heavy (non-hydrogen) atoms. The van der Waals surface area contributed by atoms with Crippen LogP contribution >= 0.6 is 0 Å². The summed E-state index contributed by atoms with van der Waals surface area (Å²) < 4.78 is 6.82. The summed E-state index contributed by atoms with van der Waals surface area (Å²) in [7, 11) is 1.75. The van der Waals surface area contributed by atoms with E-state index in [0.29, 0.717) is 12.2 Å². The van der Waals surface area contributed by atoms with Gasteiger partial charge in [-0.1, -0.05) is 13.3 Å². The molecule has 0 fully saturated rings. The van der Waals surface area contributed by atoms with Crippen LogP contribution in [0.2, 0.25) is 0 Å². The van der Waals surface area contributed by atoms with Crippen LogP contribution in [-0.4, -0.2) is 27.0 Å². The highest BCUT2D eigenvalue weighted by Crippen LogP contribution is 2.12. The average Bonchev–Trinajstić information content (AvgIpc) is 2.50. The lowest BCUT2D eigenvalue weighted by molar-refractivity contribution is -0.145. The molecule has 0 aromatic carbocycles. The van der Waals surface area contributed by atoms with E-state index in [4.69, 9.17) is 9.84 Å². The zero-order valence-electron chi connectivity index (χ0n) is 8.30. The molecule has 0 aliphatic carbocycles. The topological polar surface area (TPSA) is 64.4 Å². The van der Waals surface area contributed by atoms with Crippen LogP contribution in [0.15, 0.2) is 12.4 Å². The summed E-state index contributed by atoms with van der Waals surface area (Å²) >= 11 is 0. The SMILES string of the molecule is CCCC(Oc1cnn(C)c1)C(=O)O. The summed E-state index contributed by atoms with van der Waals surface area (Å²) in [5, 5.41) is 12.7. The first-order valence-electron chi connectivity index (χ1n) is 4.51. The lowest BCUT2D eigenvalue weighted by Crippen LogP contribution is -2.26. The van der Waals surface area contributed by atoms with Crippen LogP contribution in [0.5, 0.6) is 5.75 Å². The second kappa shape index (κ2) is 4.64. The van der Waals surface area contributed by atoms with Crippen molar-refractivity contribution in [3.05, 3.63) is 12.4 Å². The Labute approximate surface area is 82.3 Å². The molecule has 1 aromatic heterocycles. The first-order valence-corrected chi connectivity index (χ1v) is 4.51. The number of carboxylic acid groups (broad SMARTS) is 1. The third kappa shape index (κ3) is 2.76. The van der Waals surface area contributed by atoms with Crippen LogP contribution in [0.25, 0.3) is 0 Å². The Morgan fingerprint density at radius 2 is 2.50 bits per heavy atom. The number of hydrogen-bond donors (Lipinski definition) is 1. The highest BCUT2D eigenvalue weighted by atomic mass is 16.5. The Morgan fingerprint density at radius 1 is 1.79 bits per heavy atom. The largest absolute Gasteiger partial charge is 0.479 e. The van der Waals surface area contributed by atoms with Crippen LogP contribution in [-0.2, 0) is 11.8 Å². The molecule has 0 spiro atoms. The molecule has 0 bridgehead atoms. The smallest absolute Gasteiger partial charge is 0.344 e. The molecule has 0 amide bonds. The monoisotopic (exact) mass is 198 g/mol. The molecular formula is C9H14N2O3. The van der Waals surface area contributed by atoms with Gasteiger partial charge < -0.3 is 9.84 Å². The normalized spacial score (nSPS) is 12.4. The number of hydrogen-bond acceptors (Lipinski definition) is 3. The fraction of sp³-hybridized carbons (Fsp3) is 0.556. The minimum atomic E-state index is -0.935. The van der Waals surface area contributed by atoms with Gasteiger partial charge in [-0.15, -0.1) is 0 Å². The number of aliphatic carboxylic acids is 1. The van der Waals surface area contributed by atoms with Crippen LogP contribution in [0, 0.1) is 0 Å². The first-order chi connectivity index (χ1) is 6.63. The molecule has 0 radical (unpaired) electrons. The zero-order chi connectivity index (χ0) is 10.6. The van der Waals surface area contributed by atoms with Gasteiger partial charge in [-0.3, -0.25) is 4.68 Å². The lowest BCUT2D eigenvalue weighted by Gasteiger charge is -2.11. The van der Waals surface area contributed by atoms with Gasteiger partial charge in [0.2, 0.25) is 0 Å². The third-order valence-electron chi connectivity index (χ3n) is 1.79. The number of carbonyl (C=O) groups is 1. The summed E-state index contributed by atoms with van der Waals surface area (Å²) in [4.78, 5) is 10.7. The Hall–Kier alpha value is -1.52. The lowest BCUT2D eigenvalue weighted by atomic mass is 10.2. The molecule has 1 aromatic rings. The summed E-state index contributed by atoms with van der Waals surface area (Å²) in [6.45, 7) is 1.92. The molecule has 0 saturated heterocycles. The minimum Gasteiger partial charge on any atom is -0.479 e. The maximum atomic E-state index is 10.7. The van der Waals surface area contributed by atoms with E-state index in [9.17, 15) is 4.79 Å². The Morgan fingerprint density at radius 3 is 2.93 bits per heavy atom. The van der Waals surface area contributed by atoms with Gasteiger partial charge in [0.25, 0.3) is 0 Å². The van der Waals surface area contributed by atoms with E-state index in [2.05, 4.69) is 5.10 Å². The summed E-state index contributed by atoms with van der Waals surface area (Å²) in [5.41, 5.74) is 0. The third-order valence-corrected chi connectivity index (χ3v) is 1.79. The molecule has 0 aliphatic heterocycles. The Bertz CT molecular complexity index is 309. The fourth-order valence-corrected chi connectivity index (χ4v) is 1.12. The fourth-order valence-electron chi connectivity index (χ4n) is 1.12. The molecule has 1 heterocycles. The van der Waals surface area contributed by atoms with Gasteiger partial charge in [-0.25, -0.2) is 4.79 Å². The number of aryl methyl sites for hydroxylation is 1. The summed E-state index contributed by atoms with van der Waals surface area (Å²) in [6.07, 6.45) is 3.66. The molecule has 1 rings (SSSR count). The van der Waals surface area contributed by atoms with Gasteiger partial charge >= 0.3 is 5.97 Å². The molecule has 1 unspecified atom stereocenters. The van der Waals surface area contributed by atoms with Gasteiger partial charge in [0.05, 0.1) is 12.4 Å². The van der Waals surface area contributed by atoms with E-state index in [1.807, 2.05) is 6.92 Å². The molecule has 1 N–H and O–H groups in total. The van der Waals surface area contributed by atoms with Gasteiger partial charge in [0.15, 0.2) is 11.9 Å². The highest BCUT2D eigenvalue weighted by Gasteiger charge is 2.18. The van der Waals surface area contributed by atoms with E-state index in [1.165, 1.54) is 6.20 Å². The van der Waals surface area contributed by atoms with Crippen molar-refractivity contribution in [1.29, 1.82) is 0 Å². The van der Waals surface area contributed by atoms with Crippen LogP contribution < -0.4 is 4.74 Å². The van der Waals surface area contributed by atoms with Gasteiger partial charge in [0, 0.05) is 7.05 Å². The average molecular weight is 198 g/mol. The van der Waals surface area contributed by atoms with Crippen molar-refractivity contribution in [3.8, 4) is 5.75 Å². The van der Waals surface area contributed by atoms with Crippen molar-refractivity contribution in [2.24, 2.45) is 7.05 Å². The molecule has 78 valence electrons. The van der Waals surface area contributed by atoms with Gasteiger partial charge in [-0.05, 0) is 6.42 Å². The van der Waals surface area contributed by atoms with E-state index < -0.39 is 12.1 Å². The van der Waals surface area contributed by atoms with Crippen molar-refractivity contribution in [1.82, 2.24) is 9.78 Å². The van der Waals surface area contributed by atoms with E-state index in [1.54, 1.807) is 17.9 Å². The quantitative estimate of drug-likeness (QED) is 0.768. The maximum absolute atomic E-state index is 10.7. The van der Waals surface area contributed by atoms with Crippen LogP contribution in [0.1, 0.15) is 19.8 Å². The predicted molar refractivity (Wildman–Crippen MR) is 50.2 cm³/mol. The number of ether oxygens (including phenoxy) is 1. The predicted octanol–water partition coefficient (Wildman–Crippen LogP) is 1.05. The Kier molecular flexibility index (Phi) is 3.50. The van der Waals surface area contributed by atoms with Crippen molar-refractivity contribution < 1.29 is 14.6 Å². The molecular weight excluding hydrogens is 184 g/mol. The van der Waals surface area contributed by atoms with Crippen LogP contribution in [0.3, 0.4) is 0 Å². The Balaban J connectivity index is 2.59. The molecule has 5 heteroatoms. The van der Waals surface area contributed by atoms with Crippen molar-refractivity contribution >= 4 is 5.97 Å². The summed E-state index contributed by atoms with van der Waals surface area (Å²) in [5.74, 6) is -0.441. The highest BCUT2D eigenvalue weighted by molar-refractivity contribution is 5.72. The molecule has 0 aliphatic rings. The first kappa shape index (κ1) is 10.6. The van der Waals surface area contributed by atoms with Crippen molar-refractivity contribution in [2.45, 2.75) is 25.9 Å². The van der Waals surface area contributed by atoms with Crippen molar-refractivity contribution in [3.63, 3.8) is 0 Å². The minimum absolute atomic E-state index is 0.494. The van der Waals surface area contributed by atoms with E-state index in [0.717, 1.165) is 6.42 Å². The molecule has 1 atom stereocenters. The summed E-state index contributed by atoms with van der Waals surface area (Å²) in [6, 6.07) is 0. The number of nitrogens with zero attached hydrogens (tertiary/aromatic N) is 2. The van der Waals surface area contributed by atoms with E-state index in [-0.39, 0.29) is 0 Å². The second-order valence-electron chi connectivity index (χ2n) is 3.08. The van der Waals surface area contributed by atoms with Gasteiger partial charge in [0.1, 0.15) is 0 Å². The zero-order valence-corrected chi connectivity index (χ0v) is 8.30. The standard InChI is InChI=1S/C9H14N2O3/c1-3-4-8(9(12)13)14-7-5-10-11(2)6-7/h5-6,8H,3-4H2,1-2H3,(H,12,13). The van der Waals surface area contributed by atoms with Gasteiger partial charge in [-0.2, -0.15) is 5.10 Å². The molecule has 5 nitrogen and oxygen atoms in total. The number of aromatic nitrogens is 2. The van der Waals surface area contributed by atoms with Crippen LogP contribution in [0.4, 0.5) is 0 Å². The van der Waals surface area contributed by atoms with E-state index >= 15 is 0 Å². The number of rotatable bonds is 5. The van der Waals surface area contributed by atoms with Crippen molar-refractivity contribution in [2.75, 3.05) is 0 Å². The maximum Gasteiger partial charge on any atom is 0.344 e. The number of carboxylic acids is 1. The second-order valence-corrected chi connectivity index (χ2v) is 3.08.